The van der Waals surface area contributed by atoms with E-state index >= 15 is 0 Å². The number of anilines is 2. The van der Waals surface area contributed by atoms with Crippen molar-refractivity contribution < 1.29 is 4.39 Å². The van der Waals surface area contributed by atoms with Crippen LogP contribution in [0, 0.1) is 5.82 Å². The summed E-state index contributed by atoms with van der Waals surface area (Å²) in [5, 5.41) is 0. The summed E-state index contributed by atoms with van der Waals surface area (Å²) in [7, 11) is 0. The summed E-state index contributed by atoms with van der Waals surface area (Å²) < 4.78 is 14.4. The number of halogens is 2. The van der Waals surface area contributed by atoms with E-state index in [-0.39, 0.29) is 5.82 Å². The maximum atomic E-state index is 13.6. The van der Waals surface area contributed by atoms with E-state index in [4.69, 9.17) is 5.73 Å². The zero-order chi connectivity index (χ0) is 10.1. The van der Waals surface area contributed by atoms with Gasteiger partial charge in [-0.2, -0.15) is 0 Å². The Balaban J connectivity index is 2.40. The van der Waals surface area contributed by atoms with Crippen LogP contribution in [-0.4, -0.2) is 13.1 Å². The first-order chi connectivity index (χ1) is 6.68. The fourth-order valence-corrected chi connectivity index (χ4v) is 2.53. The molecule has 0 aliphatic carbocycles. The minimum atomic E-state index is -0.237. The standard InChI is InChI=1S/C10H12BrFN2/c11-8-5-7(13)6-9(12)10(8)14-3-1-2-4-14/h5-6H,1-4,13H2. The van der Waals surface area contributed by atoms with Gasteiger partial charge in [0, 0.05) is 23.2 Å². The molecule has 0 atom stereocenters. The van der Waals surface area contributed by atoms with Crippen molar-refractivity contribution in [3.63, 3.8) is 0 Å². The van der Waals surface area contributed by atoms with Gasteiger partial charge in [-0.25, -0.2) is 4.39 Å². The van der Waals surface area contributed by atoms with Crippen molar-refractivity contribution in [3.05, 3.63) is 22.4 Å². The van der Waals surface area contributed by atoms with E-state index in [2.05, 4.69) is 20.8 Å². The van der Waals surface area contributed by atoms with Gasteiger partial charge in [-0.15, -0.1) is 0 Å². The molecule has 76 valence electrons. The number of hydrogen-bond donors (Lipinski definition) is 1. The lowest BCUT2D eigenvalue weighted by Gasteiger charge is -2.20. The van der Waals surface area contributed by atoms with Gasteiger partial charge in [0.2, 0.25) is 0 Å². The molecule has 1 heterocycles. The van der Waals surface area contributed by atoms with Crippen molar-refractivity contribution in [2.75, 3.05) is 23.7 Å². The summed E-state index contributed by atoms with van der Waals surface area (Å²) in [6.07, 6.45) is 2.27. The van der Waals surface area contributed by atoms with E-state index in [1.165, 1.54) is 6.07 Å². The Hall–Kier alpha value is -0.770. The molecule has 0 unspecified atom stereocenters. The van der Waals surface area contributed by atoms with Crippen molar-refractivity contribution in [3.8, 4) is 0 Å². The van der Waals surface area contributed by atoms with E-state index < -0.39 is 0 Å². The molecule has 1 aromatic rings. The van der Waals surface area contributed by atoms with Crippen LogP contribution in [0.3, 0.4) is 0 Å². The molecule has 0 saturated carbocycles. The van der Waals surface area contributed by atoms with Crippen molar-refractivity contribution in [1.82, 2.24) is 0 Å². The fourth-order valence-electron chi connectivity index (χ4n) is 1.83. The molecule has 0 bridgehead atoms. The van der Waals surface area contributed by atoms with Gasteiger partial charge < -0.3 is 10.6 Å². The molecule has 4 heteroatoms. The normalized spacial score (nSPS) is 16.3. The second-order valence-electron chi connectivity index (χ2n) is 3.53. The first-order valence-electron chi connectivity index (χ1n) is 4.68. The Labute approximate surface area is 91.0 Å². The van der Waals surface area contributed by atoms with Gasteiger partial charge in [-0.3, -0.25) is 0 Å². The van der Waals surface area contributed by atoms with Gasteiger partial charge in [0.1, 0.15) is 5.82 Å². The number of benzene rings is 1. The Morgan fingerprint density at radius 3 is 2.50 bits per heavy atom. The second kappa shape index (κ2) is 3.77. The minimum Gasteiger partial charge on any atom is -0.399 e. The molecule has 1 aliphatic heterocycles. The Morgan fingerprint density at radius 1 is 1.29 bits per heavy atom. The lowest BCUT2D eigenvalue weighted by molar-refractivity contribution is 0.623. The summed E-state index contributed by atoms with van der Waals surface area (Å²) in [4.78, 5) is 2.05. The summed E-state index contributed by atoms with van der Waals surface area (Å²) in [5.41, 5.74) is 6.64. The third-order valence-corrected chi connectivity index (χ3v) is 3.07. The first-order valence-corrected chi connectivity index (χ1v) is 5.47. The van der Waals surface area contributed by atoms with Gasteiger partial charge in [-0.1, -0.05) is 0 Å². The zero-order valence-corrected chi connectivity index (χ0v) is 9.35. The average molecular weight is 259 g/mol. The molecule has 1 aromatic carbocycles. The van der Waals surface area contributed by atoms with Crippen LogP contribution in [0.1, 0.15) is 12.8 Å². The van der Waals surface area contributed by atoms with E-state index in [1.54, 1.807) is 6.07 Å². The third-order valence-electron chi connectivity index (χ3n) is 2.46. The maximum absolute atomic E-state index is 13.6. The van der Waals surface area contributed by atoms with Crippen LogP contribution >= 0.6 is 15.9 Å². The van der Waals surface area contributed by atoms with Crippen LogP contribution in [0.15, 0.2) is 16.6 Å². The van der Waals surface area contributed by atoms with Crippen LogP contribution in [0.25, 0.3) is 0 Å². The monoisotopic (exact) mass is 258 g/mol. The number of hydrogen-bond acceptors (Lipinski definition) is 2. The molecule has 2 rings (SSSR count). The maximum Gasteiger partial charge on any atom is 0.149 e. The zero-order valence-electron chi connectivity index (χ0n) is 7.76. The predicted octanol–water partition coefficient (Wildman–Crippen LogP) is 2.77. The SMILES string of the molecule is Nc1cc(F)c(N2CCCC2)c(Br)c1. The average Bonchev–Trinajstić information content (AvgIpc) is 2.54. The third kappa shape index (κ3) is 1.71. The van der Waals surface area contributed by atoms with Crippen molar-refractivity contribution in [2.45, 2.75) is 12.8 Å². The summed E-state index contributed by atoms with van der Waals surface area (Å²) in [5.74, 6) is -0.237. The molecular formula is C10H12BrFN2. The molecule has 0 amide bonds. The molecule has 1 aliphatic rings. The van der Waals surface area contributed by atoms with Crippen molar-refractivity contribution >= 4 is 27.3 Å². The van der Waals surface area contributed by atoms with Crippen molar-refractivity contribution in [2.24, 2.45) is 0 Å². The van der Waals surface area contributed by atoms with Gasteiger partial charge in [0.15, 0.2) is 0 Å². The largest absolute Gasteiger partial charge is 0.399 e. The number of nitrogen functional groups attached to an aromatic ring is 1. The molecule has 1 saturated heterocycles. The first kappa shape index (κ1) is 9.77. The fraction of sp³-hybridized carbons (Fsp3) is 0.400. The van der Waals surface area contributed by atoms with Gasteiger partial charge in [-0.05, 0) is 40.9 Å². The molecule has 2 nitrogen and oxygen atoms in total. The molecule has 2 N–H and O–H groups in total. The molecular weight excluding hydrogens is 247 g/mol. The van der Waals surface area contributed by atoms with Gasteiger partial charge >= 0.3 is 0 Å². The Morgan fingerprint density at radius 2 is 1.93 bits per heavy atom. The number of rotatable bonds is 1. The summed E-state index contributed by atoms with van der Waals surface area (Å²) in [6, 6.07) is 3.12. The second-order valence-corrected chi connectivity index (χ2v) is 4.38. The van der Waals surface area contributed by atoms with Gasteiger partial charge in [0.05, 0.1) is 5.69 Å². The number of nitrogens with two attached hydrogens (primary N) is 1. The lowest BCUT2D eigenvalue weighted by atomic mass is 10.2. The summed E-state index contributed by atoms with van der Waals surface area (Å²) in [6.45, 7) is 1.86. The summed E-state index contributed by atoms with van der Waals surface area (Å²) >= 11 is 3.35. The minimum absolute atomic E-state index is 0.237. The van der Waals surface area contributed by atoms with Gasteiger partial charge in [0.25, 0.3) is 0 Å². The highest BCUT2D eigenvalue weighted by Gasteiger charge is 2.19. The Kier molecular flexibility index (Phi) is 2.63. The highest BCUT2D eigenvalue weighted by atomic mass is 79.9. The van der Waals surface area contributed by atoms with Crippen LogP contribution in [0.2, 0.25) is 0 Å². The van der Waals surface area contributed by atoms with E-state index in [0.29, 0.717) is 11.4 Å². The smallest absolute Gasteiger partial charge is 0.149 e. The molecule has 14 heavy (non-hydrogen) atoms. The van der Waals surface area contributed by atoms with Crippen molar-refractivity contribution in [1.29, 1.82) is 0 Å². The molecule has 0 aromatic heterocycles. The van der Waals surface area contributed by atoms with Crippen LogP contribution in [-0.2, 0) is 0 Å². The predicted molar refractivity (Wildman–Crippen MR) is 60.0 cm³/mol. The van der Waals surface area contributed by atoms with E-state index in [0.717, 1.165) is 30.4 Å². The molecule has 1 fully saturated rings. The van der Waals surface area contributed by atoms with Crippen LogP contribution in [0.4, 0.5) is 15.8 Å². The van der Waals surface area contributed by atoms with E-state index in [9.17, 15) is 4.39 Å². The molecule has 0 spiro atoms. The quantitative estimate of drug-likeness (QED) is 0.786. The molecule has 0 radical (unpaired) electrons. The topological polar surface area (TPSA) is 29.3 Å². The van der Waals surface area contributed by atoms with Crippen LogP contribution in [0.5, 0.6) is 0 Å². The number of nitrogens with zero attached hydrogens (tertiary/aromatic N) is 1. The van der Waals surface area contributed by atoms with Crippen LogP contribution < -0.4 is 10.6 Å². The highest BCUT2D eigenvalue weighted by molar-refractivity contribution is 9.10. The highest BCUT2D eigenvalue weighted by Crippen LogP contribution is 2.33. The van der Waals surface area contributed by atoms with E-state index in [1.807, 2.05) is 0 Å². The lowest BCUT2D eigenvalue weighted by Crippen LogP contribution is -2.19. The Bertz CT molecular complexity index is 325.